The summed E-state index contributed by atoms with van der Waals surface area (Å²) >= 11 is 0. The summed E-state index contributed by atoms with van der Waals surface area (Å²) in [7, 11) is 1.50. The molecule has 5 heteroatoms. The van der Waals surface area contributed by atoms with Crippen LogP contribution in [0.2, 0.25) is 0 Å². The molecule has 0 spiro atoms. The molecule has 0 saturated carbocycles. The van der Waals surface area contributed by atoms with Crippen LogP contribution in [-0.4, -0.2) is 24.1 Å². The molecule has 1 atom stereocenters. The van der Waals surface area contributed by atoms with Crippen molar-refractivity contribution in [2.24, 2.45) is 5.92 Å². The van der Waals surface area contributed by atoms with E-state index in [0.29, 0.717) is 17.0 Å². The van der Waals surface area contributed by atoms with Gasteiger partial charge in [-0.2, -0.15) is 0 Å². The summed E-state index contributed by atoms with van der Waals surface area (Å²) in [5.74, 6) is -1.26. The van der Waals surface area contributed by atoms with E-state index in [-0.39, 0.29) is 11.8 Å². The number of hydrogen-bond donors (Lipinski definition) is 2. The lowest BCUT2D eigenvalue weighted by Gasteiger charge is -2.18. The Morgan fingerprint density at radius 3 is 2.37 bits per heavy atom. The van der Waals surface area contributed by atoms with E-state index in [1.54, 1.807) is 18.2 Å². The average molecular weight is 265 g/mol. The molecule has 19 heavy (non-hydrogen) atoms. The molecule has 1 amide bonds. The van der Waals surface area contributed by atoms with Crippen LogP contribution in [0.25, 0.3) is 0 Å². The third kappa shape index (κ3) is 3.71. The van der Waals surface area contributed by atoms with E-state index in [4.69, 9.17) is 4.74 Å². The van der Waals surface area contributed by atoms with Gasteiger partial charge in [0.25, 0.3) is 0 Å². The molecule has 5 nitrogen and oxygen atoms in total. The molecular formula is C14H19NO4. The standard InChI is InChI=1S/C14H19NO4/c1-8(2)13(14(17)18)10-5-6-12(19-4)11(7-10)15-9(3)16/h5-8,13H,1-4H3,(H,15,16)(H,17,18). The first-order valence-electron chi connectivity index (χ1n) is 6.05. The Balaban J connectivity index is 3.22. The van der Waals surface area contributed by atoms with Gasteiger partial charge >= 0.3 is 5.97 Å². The van der Waals surface area contributed by atoms with E-state index < -0.39 is 11.9 Å². The van der Waals surface area contributed by atoms with Crippen molar-refractivity contribution in [2.45, 2.75) is 26.7 Å². The van der Waals surface area contributed by atoms with Gasteiger partial charge in [-0.15, -0.1) is 0 Å². The number of anilines is 1. The number of amides is 1. The SMILES string of the molecule is COc1ccc(C(C(=O)O)C(C)C)cc1NC(C)=O. The van der Waals surface area contributed by atoms with Gasteiger partial charge in [-0.05, 0) is 23.6 Å². The Bertz CT molecular complexity index is 482. The monoisotopic (exact) mass is 265 g/mol. The van der Waals surface area contributed by atoms with Crippen LogP contribution in [0.3, 0.4) is 0 Å². The molecular weight excluding hydrogens is 246 g/mol. The molecule has 0 heterocycles. The summed E-state index contributed by atoms with van der Waals surface area (Å²) in [6.07, 6.45) is 0. The molecule has 0 radical (unpaired) electrons. The number of rotatable bonds is 5. The first kappa shape index (κ1) is 15.0. The summed E-state index contributed by atoms with van der Waals surface area (Å²) in [5.41, 5.74) is 1.13. The Hall–Kier alpha value is -2.04. The molecule has 1 aromatic rings. The largest absolute Gasteiger partial charge is 0.495 e. The molecule has 0 fully saturated rings. The predicted octanol–water partition coefficient (Wildman–Crippen LogP) is 2.48. The number of aliphatic carboxylic acids is 1. The number of ether oxygens (including phenoxy) is 1. The van der Waals surface area contributed by atoms with Gasteiger partial charge < -0.3 is 15.2 Å². The fourth-order valence-corrected chi connectivity index (χ4v) is 2.02. The fraction of sp³-hybridized carbons (Fsp3) is 0.429. The molecule has 0 aliphatic rings. The molecule has 0 aliphatic heterocycles. The van der Waals surface area contributed by atoms with Gasteiger partial charge in [0.2, 0.25) is 5.91 Å². The van der Waals surface area contributed by atoms with Crippen molar-refractivity contribution in [1.29, 1.82) is 0 Å². The Morgan fingerprint density at radius 1 is 1.32 bits per heavy atom. The van der Waals surface area contributed by atoms with Crippen molar-refractivity contribution >= 4 is 17.6 Å². The minimum Gasteiger partial charge on any atom is -0.495 e. The number of methoxy groups -OCH3 is 1. The number of benzene rings is 1. The first-order valence-corrected chi connectivity index (χ1v) is 6.05. The highest BCUT2D eigenvalue weighted by Gasteiger charge is 2.24. The van der Waals surface area contributed by atoms with Crippen LogP contribution in [-0.2, 0) is 9.59 Å². The topological polar surface area (TPSA) is 75.6 Å². The minimum atomic E-state index is -0.881. The highest BCUT2D eigenvalue weighted by molar-refractivity contribution is 5.91. The molecule has 1 aromatic carbocycles. The molecule has 0 saturated heterocycles. The Morgan fingerprint density at radius 2 is 1.95 bits per heavy atom. The Kier molecular flexibility index (Phi) is 4.92. The molecule has 2 N–H and O–H groups in total. The van der Waals surface area contributed by atoms with E-state index in [2.05, 4.69) is 5.32 Å². The van der Waals surface area contributed by atoms with Gasteiger partial charge in [-0.3, -0.25) is 9.59 Å². The van der Waals surface area contributed by atoms with E-state index >= 15 is 0 Å². The minimum absolute atomic E-state index is 0.0453. The highest BCUT2D eigenvalue weighted by Crippen LogP contribution is 2.32. The smallest absolute Gasteiger partial charge is 0.311 e. The molecule has 104 valence electrons. The van der Waals surface area contributed by atoms with Crippen LogP contribution in [0.15, 0.2) is 18.2 Å². The molecule has 0 bridgehead atoms. The maximum atomic E-state index is 11.3. The van der Waals surface area contributed by atoms with Crippen molar-refractivity contribution in [2.75, 3.05) is 12.4 Å². The van der Waals surface area contributed by atoms with Crippen LogP contribution >= 0.6 is 0 Å². The zero-order valence-corrected chi connectivity index (χ0v) is 11.6. The lowest BCUT2D eigenvalue weighted by Crippen LogP contribution is -2.18. The first-order chi connectivity index (χ1) is 8.86. The van der Waals surface area contributed by atoms with Gasteiger partial charge in [0, 0.05) is 6.92 Å². The Labute approximate surface area is 112 Å². The molecule has 0 aromatic heterocycles. The summed E-state index contributed by atoms with van der Waals surface area (Å²) in [6, 6.07) is 5.03. The van der Waals surface area contributed by atoms with Gasteiger partial charge in [0.15, 0.2) is 0 Å². The second-order valence-corrected chi connectivity index (χ2v) is 4.70. The quantitative estimate of drug-likeness (QED) is 0.857. The third-order valence-electron chi connectivity index (χ3n) is 2.83. The number of hydrogen-bond acceptors (Lipinski definition) is 3. The molecule has 1 unspecified atom stereocenters. The maximum Gasteiger partial charge on any atom is 0.311 e. The van der Waals surface area contributed by atoms with Crippen LogP contribution in [0.1, 0.15) is 32.3 Å². The van der Waals surface area contributed by atoms with Crippen molar-refractivity contribution in [3.63, 3.8) is 0 Å². The zero-order valence-electron chi connectivity index (χ0n) is 11.6. The van der Waals surface area contributed by atoms with Crippen molar-refractivity contribution in [3.8, 4) is 5.75 Å². The number of nitrogens with one attached hydrogen (secondary N) is 1. The maximum absolute atomic E-state index is 11.3. The molecule has 0 aliphatic carbocycles. The lowest BCUT2D eigenvalue weighted by atomic mass is 9.88. The van der Waals surface area contributed by atoms with Crippen LogP contribution in [0.4, 0.5) is 5.69 Å². The lowest BCUT2D eigenvalue weighted by molar-refractivity contribution is -0.139. The molecule has 1 rings (SSSR count). The van der Waals surface area contributed by atoms with E-state index in [0.717, 1.165) is 0 Å². The normalized spacial score (nSPS) is 12.1. The van der Waals surface area contributed by atoms with Crippen LogP contribution in [0.5, 0.6) is 5.75 Å². The highest BCUT2D eigenvalue weighted by atomic mass is 16.5. The van der Waals surface area contributed by atoms with Crippen LogP contribution in [0, 0.1) is 5.92 Å². The number of carboxylic acids is 1. The average Bonchev–Trinajstić information content (AvgIpc) is 2.27. The third-order valence-corrected chi connectivity index (χ3v) is 2.83. The number of carbonyl (C=O) groups excluding carboxylic acids is 1. The van der Waals surface area contributed by atoms with E-state index in [9.17, 15) is 14.7 Å². The second kappa shape index (κ2) is 6.22. The zero-order chi connectivity index (χ0) is 14.6. The summed E-state index contributed by atoms with van der Waals surface area (Å²) < 4.78 is 5.14. The summed E-state index contributed by atoms with van der Waals surface area (Å²) in [4.78, 5) is 22.5. The second-order valence-electron chi connectivity index (χ2n) is 4.70. The van der Waals surface area contributed by atoms with Gasteiger partial charge in [-0.25, -0.2) is 0 Å². The van der Waals surface area contributed by atoms with Gasteiger partial charge in [-0.1, -0.05) is 19.9 Å². The van der Waals surface area contributed by atoms with Gasteiger partial charge in [0.05, 0.1) is 18.7 Å². The van der Waals surface area contributed by atoms with E-state index in [1.165, 1.54) is 14.0 Å². The summed E-state index contributed by atoms with van der Waals surface area (Å²) in [5, 5.41) is 11.9. The van der Waals surface area contributed by atoms with Crippen molar-refractivity contribution in [1.82, 2.24) is 0 Å². The number of carbonyl (C=O) groups is 2. The van der Waals surface area contributed by atoms with Crippen LogP contribution < -0.4 is 10.1 Å². The van der Waals surface area contributed by atoms with E-state index in [1.807, 2.05) is 13.8 Å². The predicted molar refractivity (Wildman–Crippen MR) is 72.5 cm³/mol. The number of carboxylic acid groups (broad SMARTS) is 1. The van der Waals surface area contributed by atoms with Crippen molar-refractivity contribution in [3.05, 3.63) is 23.8 Å². The fourth-order valence-electron chi connectivity index (χ4n) is 2.02. The van der Waals surface area contributed by atoms with Gasteiger partial charge in [0.1, 0.15) is 5.75 Å². The van der Waals surface area contributed by atoms with Crippen molar-refractivity contribution < 1.29 is 19.4 Å². The summed E-state index contributed by atoms with van der Waals surface area (Å²) in [6.45, 7) is 5.09.